The summed E-state index contributed by atoms with van der Waals surface area (Å²) in [7, 11) is 0. The highest BCUT2D eigenvalue weighted by Gasteiger charge is 2.30. The highest BCUT2D eigenvalue weighted by Crippen LogP contribution is 2.24. The smallest absolute Gasteiger partial charge is 0.406 e. The largest absolute Gasteiger partial charge is 0.573 e. The average Bonchev–Trinajstić information content (AvgIpc) is 2.42. The van der Waals surface area contributed by atoms with Gasteiger partial charge in [0.1, 0.15) is 5.75 Å². The molecule has 1 aromatic heterocycles. The molecule has 2 rings (SSSR count). The van der Waals surface area contributed by atoms with Crippen LogP contribution in [0.25, 0.3) is 0 Å². The van der Waals surface area contributed by atoms with Gasteiger partial charge in [0.25, 0.3) is 5.91 Å². The summed E-state index contributed by atoms with van der Waals surface area (Å²) in [6.45, 7) is 1.78. The number of anilines is 1. The van der Waals surface area contributed by atoms with Crippen LogP contribution in [0, 0.1) is 6.92 Å². The van der Waals surface area contributed by atoms with Crippen molar-refractivity contribution in [3.63, 3.8) is 0 Å². The summed E-state index contributed by atoms with van der Waals surface area (Å²) in [4.78, 5) is 16.1. The first-order valence-electron chi connectivity index (χ1n) is 6.04. The van der Waals surface area contributed by atoms with E-state index in [0.29, 0.717) is 15.7 Å². The molecule has 0 radical (unpaired) electrons. The van der Waals surface area contributed by atoms with Gasteiger partial charge < -0.3 is 10.1 Å². The van der Waals surface area contributed by atoms with Crippen LogP contribution < -0.4 is 10.1 Å². The number of nitrogens with one attached hydrogen (secondary N) is 1. The molecule has 116 valence electrons. The fourth-order valence-corrected chi connectivity index (χ4v) is 1.92. The third kappa shape index (κ3) is 4.45. The molecule has 2 aromatic rings. The highest BCUT2D eigenvalue weighted by atomic mass is 79.9. The van der Waals surface area contributed by atoms with Gasteiger partial charge >= 0.3 is 6.36 Å². The van der Waals surface area contributed by atoms with Gasteiger partial charge in [-0.15, -0.1) is 13.2 Å². The second kappa shape index (κ2) is 6.35. The summed E-state index contributed by atoms with van der Waals surface area (Å²) >= 11 is 3.27. The van der Waals surface area contributed by atoms with E-state index in [0.717, 1.165) is 17.8 Å². The predicted octanol–water partition coefficient (Wildman–Crippen LogP) is 4.30. The normalized spacial score (nSPS) is 11.1. The molecule has 0 atom stereocenters. The van der Waals surface area contributed by atoms with Crippen molar-refractivity contribution in [2.24, 2.45) is 0 Å². The quantitative estimate of drug-likeness (QED) is 0.870. The summed E-state index contributed by atoms with van der Waals surface area (Å²) in [5, 5.41) is 2.56. The maximum Gasteiger partial charge on any atom is 0.573 e. The molecule has 0 aliphatic heterocycles. The molecule has 0 spiro atoms. The number of hydrogen-bond donors (Lipinski definition) is 1. The molecule has 0 saturated carbocycles. The number of benzene rings is 1. The van der Waals surface area contributed by atoms with Crippen LogP contribution in [0.3, 0.4) is 0 Å². The van der Waals surface area contributed by atoms with Crippen LogP contribution in [0.1, 0.15) is 16.1 Å². The Bertz CT molecular complexity index is 687. The Morgan fingerprint density at radius 1 is 1.27 bits per heavy atom. The summed E-state index contributed by atoms with van der Waals surface area (Å²) in [5.74, 6) is -0.775. The third-order valence-corrected chi connectivity index (χ3v) is 3.44. The number of nitrogens with zero attached hydrogens (tertiary/aromatic N) is 1. The van der Waals surface area contributed by atoms with Crippen molar-refractivity contribution in [2.75, 3.05) is 5.32 Å². The van der Waals surface area contributed by atoms with Crippen LogP contribution in [0.2, 0.25) is 0 Å². The Labute approximate surface area is 132 Å². The van der Waals surface area contributed by atoms with Gasteiger partial charge in [-0.2, -0.15) is 0 Å². The Morgan fingerprint density at radius 3 is 2.45 bits per heavy atom. The zero-order valence-electron chi connectivity index (χ0n) is 11.2. The van der Waals surface area contributed by atoms with Gasteiger partial charge in [0.2, 0.25) is 0 Å². The number of carbonyl (C=O) groups excluding carboxylic acids is 1. The van der Waals surface area contributed by atoms with E-state index in [9.17, 15) is 18.0 Å². The second-order valence-corrected chi connectivity index (χ2v) is 5.17. The van der Waals surface area contributed by atoms with Gasteiger partial charge in [-0.3, -0.25) is 9.78 Å². The number of aromatic nitrogens is 1. The lowest BCUT2D eigenvalue weighted by atomic mass is 10.2. The van der Waals surface area contributed by atoms with Gasteiger partial charge in [0.15, 0.2) is 0 Å². The first-order chi connectivity index (χ1) is 10.2. The molecule has 4 nitrogen and oxygen atoms in total. The van der Waals surface area contributed by atoms with E-state index in [2.05, 4.69) is 31.0 Å². The van der Waals surface area contributed by atoms with Crippen molar-refractivity contribution in [1.29, 1.82) is 0 Å². The number of aryl methyl sites for hydroxylation is 1. The van der Waals surface area contributed by atoms with E-state index < -0.39 is 12.3 Å². The SMILES string of the molecule is Cc1ncc(C(=O)Nc2ccc(OC(F)(F)F)cc2)cc1Br. The van der Waals surface area contributed by atoms with Gasteiger partial charge in [-0.1, -0.05) is 0 Å². The lowest BCUT2D eigenvalue weighted by Gasteiger charge is -2.10. The standard InChI is InChI=1S/C14H10BrF3N2O2/c1-8-12(15)6-9(7-19-8)13(21)20-10-2-4-11(5-3-10)22-14(16,17)18/h2-7H,1H3,(H,20,21). The fourth-order valence-electron chi connectivity index (χ4n) is 1.57. The third-order valence-electron chi connectivity index (χ3n) is 2.63. The molecule has 0 unspecified atom stereocenters. The number of alkyl halides is 3. The second-order valence-electron chi connectivity index (χ2n) is 4.32. The van der Waals surface area contributed by atoms with Gasteiger partial charge in [-0.05, 0) is 53.2 Å². The molecule has 0 aliphatic carbocycles. The maximum atomic E-state index is 12.0. The topological polar surface area (TPSA) is 51.2 Å². The molecule has 0 bridgehead atoms. The molecule has 8 heteroatoms. The number of rotatable bonds is 3. The first kappa shape index (κ1) is 16.3. The van der Waals surface area contributed by atoms with Gasteiger partial charge in [-0.25, -0.2) is 0 Å². The number of halogens is 4. The summed E-state index contributed by atoms with van der Waals surface area (Å²) in [6, 6.07) is 6.48. The monoisotopic (exact) mass is 374 g/mol. The van der Waals surface area contributed by atoms with E-state index in [-0.39, 0.29) is 5.75 Å². The zero-order chi connectivity index (χ0) is 16.3. The van der Waals surface area contributed by atoms with E-state index in [1.807, 2.05) is 0 Å². The molecular weight excluding hydrogens is 365 g/mol. The molecule has 1 heterocycles. The molecular formula is C14H10BrF3N2O2. The molecule has 0 aliphatic rings. The van der Waals surface area contributed by atoms with Crippen molar-refractivity contribution in [2.45, 2.75) is 13.3 Å². The Hall–Kier alpha value is -2.09. The van der Waals surface area contributed by atoms with E-state index in [1.54, 1.807) is 13.0 Å². The van der Waals surface area contributed by atoms with E-state index in [4.69, 9.17) is 0 Å². The van der Waals surface area contributed by atoms with Crippen LogP contribution >= 0.6 is 15.9 Å². The van der Waals surface area contributed by atoms with Crippen LogP contribution in [0.4, 0.5) is 18.9 Å². The van der Waals surface area contributed by atoms with Crippen molar-refractivity contribution >= 4 is 27.5 Å². The minimum Gasteiger partial charge on any atom is -0.406 e. The molecule has 0 saturated heterocycles. The van der Waals surface area contributed by atoms with Gasteiger partial charge in [0.05, 0.1) is 11.3 Å². The fraction of sp³-hybridized carbons (Fsp3) is 0.143. The zero-order valence-corrected chi connectivity index (χ0v) is 12.8. The maximum absolute atomic E-state index is 12.0. The van der Waals surface area contributed by atoms with Crippen molar-refractivity contribution in [1.82, 2.24) is 4.98 Å². The molecule has 1 amide bonds. The lowest BCUT2D eigenvalue weighted by molar-refractivity contribution is -0.274. The Kier molecular flexibility index (Phi) is 4.70. The van der Waals surface area contributed by atoms with Crippen LogP contribution in [0.15, 0.2) is 41.0 Å². The minimum absolute atomic E-state index is 0.327. The van der Waals surface area contributed by atoms with Crippen molar-refractivity contribution in [3.05, 3.63) is 52.3 Å². The van der Waals surface area contributed by atoms with Crippen molar-refractivity contribution in [3.8, 4) is 5.75 Å². The summed E-state index contributed by atoms with van der Waals surface area (Å²) in [5.41, 5.74) is 1.41. The van der Waals surface area contributed by atoms with E-state index >= 15 is 0 Å². The Morgan fingerprint density at radius 2 is 1.91 bits per heavy atom. The summed E-state index contributed by atoms with van der Waals surface area (Å²) in [6.07, 6.45) is -3.33. The van der Waals surface area contributed by atoms with Crippen LogP contribution in [-0.2, 0) is 0 Å². The number of pyridine rings is 1. The number of amides is 1. The van der Waals surface area contributed by atoms with Crippen LogP contribution in [0.5, 0.6) is 5.75 Å². The lowest BCUT2D eigenvalue weighted by Crippen LogP contribution is -2.17. The number of ether oxygens (including phenoxy) is 1. The molecule has 1 aromatic carbocycles. The molecule has 0 fully saturated rings. The number of hydrogen-bond acceptors (Lipinski definition) is 3. The molecule has 1 N–H and O–H groups in total. The average molecular weight is 375 g/mol. The number of carbonyl (C=O) groups is 1. The van der Waals surface area contributed by atoms with Crippen molar-refractivity contribution < 1.29 is 22.7 Å². The summed E-state index contributed by atoms with van der Waals surface area (Å²) < 4.78 is 40.6. The molecule has 22 heavy (non-hydrogen) atoms. The van der Waals surface area contributed by atoms with Crippen LogP contribution in [-0.4, -0.2) is 17.3 Å². The minimum atomic E-state index is -4.75. The van der Waals surface area contributed by atoms with E-state index in [1.165, 1.54) is 18.3 Å². The predicted molar refractivity (Wildman–Crippen MR) is 77.8 cm³/mol. The highest BCUT2D eigenvalue weighted by molar-refractivity contribution is 9.10. The Balaban J connectivity index is 2.07. The van der Waals surface area contributed by atoms with Gasteiger partial charge in [0, 0.05) is 16.4 Å². The first-order valence-corrected chi connectivity index (χ1v) is 6.83.